The summed E-state index contributed by atoms with van der Waals surface area (Å²) in [7, 11) is 0. The Bertz CT molecular complexity index is 344. The van der Waals surface area contributed by atoms with Gasteiger partial charge in [-0.25, -0.2) is 4.39 Å². The molecule has 1 aromatic carbocycles. The molecule has 1 fully saturated rings. The fourth-order valence-electron chi connectivity index (χ4n) is 2.27. The van der Waals surface area contributed by atoms with Gasteiger partial charge in [0.25, 0.3) is 0 Å². The molecular weight excluding hydrogens is 217 g/mol. The van der Waals surface area contributed by atoms with E-state index in [4.69, 9.17) is 10.5 Å². The van der Waals surface area contributed by atoms with Gasteiger partial charge in [-0.05, 0) is 24.1 Å². The van der Waals surface area contributed by atoms with E-state index in [0.717, 1.165) is 12.0 Å². The van der Waals surface area contributed by atoms with Gasteiger partial charge in [0, 0.05) is 32.5 Å². The summed E-state index contributed by atoms with van der Waals surface area (Å²) < 4.78 is 19.6. The van der Waals surface area contributed by atoms with Gasteiger partial charge in [-0.15, -0.1) is 0 Å². The van der Waals surface area contributed by atoms with E-state index in [1.165, 1.54) is 5.56 Å². The highest BCUT2D eigenvalue weighted by Gasteiger charge is 2.32. The van der Waals surface area contributed by atoms with Crippen LogP contribution in [-0.4, -0.2) is 25.4 Å². The first-order valence-corrected chi connectivity index (χ1v) is 6.26. The van der Waals surface area contributed by atoms with Gasteiger partial charge in [-0.1, -0.05) is 24.3 Å². The van der Waals surface area contributed by atoms with Crippen molar-refractivity contribution >= 4 is 0 Å². The molecule has 0 aromatic heterocycles. The van der Waals surface area contributed by atoms with E-state index in [2.05, 4.69) is 0 Å². The fourth-order valence-corrected chi connectivity index (χ4v) is 2.27. The quantitative estimate of drug-likeness (QED) is 0.871. The standard InChI is InChI=1S/C14H20FNO/c15-14(6-9-17-10-7-14)11-13-3-1-12(2-4-13)5-8-16/h1-4H,5-11,16H2. The highest BCUT2D eigenvalue weighted by molar-refractivity contribution is 5.24. The topological polar surface area (TPSA) is 35.2 Å². The van der Waals surface area contributed by atoms with Crippen molar-refractivity contribution < 1.29 is 9.13 Å². The molecule has 1 saturated heterocycles. The van der Waals surface area contributed by atoms with Crippen LogP contribution in [0.15, 0.2) is 24.3 Å². The molecule has 1 aliphatic rings. The highest BCUT2D eigenvalue weighted by atomic mass is 19.1. The van der Waals surface area contributed by atoms with E-state index in [1.807, 2.05) is 24.3 Å². The molecule has 0 bridgehead atoms. The molecule has 2 N–H and O–H groups in total. The minimum atomic E-state index is -1.08. The van der Waals surface area contributed by atoms with Gasteiger partial charge in [0.05, 0.1) is 0 Å². The Labute approximate surface area is 102 Å². The molecule has 0 saturated carbocycles. The maximum absolute atomic E-state index is 14.4. The highest BCUT2D eigenvalue weighted by Crippen LogP contribution is 2.29. The number of ether oxygens (including phenoxy) is 1. The largest absolute Gasteiger partial charge is 0.381 e. The summed E-state index contributed by atoms with van der Waals surface area (Å²) in [6.45, 7) is 1.74. The van der Waals surface area contributed by atoms with Gasteiger partial charge in [0.15, 0.2) is 0 Å². The van der Waals surface area contributed by atoms with Crippen LogP contribution in [0.1, 0.15) is 24.0 Å². The molecule has 2 rings (SSSR count). The average Bonchev–Trinajstić information content (AvgIpc) is 2.33. The summed E-state index contributed by atoms with van der Waals surface area (Å²) in [5.41, 5.74) is 6.70. The first-order chi connectivity index (χ1) is 8.22. The molecule has 0 atom stereocenters. The van der Waals surface area contributed by atoms with E-state index in [1.54, 1.807) is 0 Å². The summed E-state index contributed by atoms with van der Waals surface area (Å²) in [5.74, 6) is 0. The normalized spacial score (nSPS) is 19.2. The van der Waals surface area contributed by atoms with Crippen LogP contribution in [0.3, 0.4) is 0 Å². The Morgan fingerprint density at radius 1 is 1.12 bits per heavy atom. The lowest BCUT2D eigenvalue weighted by Gasteiger charge is -2.29. The number of nitrogens with two attached hydrogens (primary N) is 1. The van der Waals surface area contributed by atoms with Crippen LogP contribution in [0.5, 0.6) is 0 Å². The van der Waals surface area contributed by atoms with Crippen LogP contribution in [0.4, 0.5) is 4.39 Å². The summed E-state index contributed by atoms with van der Waals surface area (Å²) in [6, 6.07) is 8.12. The van der Waals surface area contributed by atoms with Gasteiger partial charge in [-0.2, -0.15) is 0 Å². The molecule has 0 aliphatic carbocycles. The molecule has 1 aromatic rings. The van der Waals surface area contributed by atoms with Crippen LogP contribution < -0.4 is 5.73 Å². The smallest absolute Gasteiger partial charge is 0.119 e. The van der Waals surface area contributed by atoms with Crippen LogP contribution in [0, 0.1) is 0 Å². The molecule has 1 aliphatic heterocycles. The first-order valence-electron chi connectivity index (χ1n) is 6.26. The van der Waals surface area contributed by atoms with Crippen LogP contribution in [0.25, 0.3) is 0 Å². The monoisotopic (exact) mass is 237 g/mol. The van der Waals surface area contributed by atoms with Crippen molar-refractivity contribution in [3.8, 4) is 0 Å². The van der Waals surface area contributed by atoms with Crippen molar-refractivity contribution in [2.45, 2.75) is 31.4 Å². The van der Waals surface area contributed by atoms with Crippen LogP contribution in [0.2, 0.25) is 0 Å². The number of benzene rings is 1. The Hall–Kier alpha value is -0.930. The lowest BCUT2D eigenvalue weighted by Crippen LogP contribution is -2.33. The predicted molar refractivity (Wildman–Crippen MR) is 66.8 cm³/mol. The van der Waals surface area contributed by atoms with E-state index >= 15 is 0 Å². The third kappa shape index (κ3) is 3.51. The van der Waals surface area contributed by atoms with Crippen LogP contribution in [-0.2, 0) is 17.6 Å². The van der Waals surface area contributed by atoms with Gasteiger partial charge in [0.2, 0.25) is 0 Å². The Balaban J connectivity index is 1.97. The average molecular weight is 237 g/mol. The SMILES string of the molecule is NCCc1ccc(CC2(F)CCOCC2)cc1. The van der Waals surface area contributed by atoms with E-state index < -0.39 is 5.67 Å². The number of halogens is 1. The lowest BCUT2D eigenvalue weighted by molar-refractivity contribution is -0.00816. The van der Waals surface area contributed by atoms with Crippen molar-refractivity contribution in [1.82, 2.24) is 0 Å². The molecule has 0 spiro atoms. The minimum Gasteiger partial charge on any atom is -0.381 e. The second-order valence-electron chi connectivity index (χ2n) is 4.80. The van der Waals surface area contributed by atoms with E-state index in [0.29, 0.717) is 39.0 Å². The second-order valence-corrected chi connectivity index (χ2v) is 4.80. The zero-order valence-corrected chi connectivity index (χ0v) is 10.1. The van der Waals surface area contributed by atoms with E-state index in [9.17, 15) is 4.39 Å². The van der Waals surface area contributed by atoms with Gasteiger partial charge < -0.3 is 10.5 Å². The third-order valence-corrected chi connectivity index (χ3v) is 3.37. The summed E-state index contributed by atoms with van der Waals surface area (Å²) in [5, 5.41) is 0. The Morgan fingerprint density at radius 2 is 1.71 bits per heavy atom. The maximum atomic E-state index is 14.4. The molecule has 1 heterocycles. The van der Waals surface area contributed by atoms with Crippen molar-refractivity contribution in [2.24, 2.45) is 5.73 Å². The first kappa shape index (κ1) is 12.5. The Morgan fingerprint density at radius 3 is 2.29 bits per heavy atom. The lowest BCUT2D eigenvalue weighted by atomic mass is 9.89. The van der Waals surface area contributed by atoms with E-state index in [-0.39, 0.29) is 0 Å². The molecule has 0 radical (unpaired) electrons. The number of rotatable bonds is 4. The van der Waals surface area contributed by atoms with Crippen molar-refractivity contribution in [2.75, 3.05) is 19.8 Å². The molecular formula is C14H20FNO. The molecule has 3 heteroatoms. The summed E-state index contributed by atoms with van der Waals surface area (Å²) in [6.07, 6.45) is 2.41. The van der Waals surface area contributed by atoms with Crippen molar-refractivity contribution in [3.63, 3.8) is 0 Å². The molecule has 17 heavy (non-hydrogen) atoms. The second kappa shape index (κ2) is 5.61. The summed E-state index contributed by atoms with van der Waals surface area (Å²) >= 11 is 0. The molecule has 0 amide bonds. The van der Waals surface area contributed by atoms with Gasteiger partial charge >= 0.3 is 0 Å². The molecule has 94 valence electrons. The molecule has 0 unspecified atom stereocenters. The Kier molecular flexibility index (Phi) is 4.13. The zero-order valence-electron chi connectivity index (χ0n) is 10.1. The number of hydrogen-bond acceptors (Lipinski definition) is 2. The zero-order chi connectivity index (χ0) is 12.1. The predicted octanol–water partition coefficient (Wildman–Crippen LogP) is 2.25. The van der Waals surface area contributed by atoms with Crippen molar-refractivity contribution in [3.05, 3.63) is 35.4 Å². The maximum Gasteiger partial charge on any atom is 0.119 e. The van der Waals surface area contributed by atoms with Crippen molar-refractivity contribution in [1.29, 1.82) is 0 Å². The van der Waals surface area contributed by atoms with Gasteiger partial charge in [0.1, 0.15) is 5.67 Å². The third-order valence-electron chi connectivity index (χ3n) is 3.37. The van der Waals surface area contributed by atoms with Gasteiger partial charge in [-0.3, -0.25) is 0 Å². The molecule has 2 nitrogen and oxygen atoms in total. The summed E-state index contributed by atoms with van der Waals surface area (Å²) in [4.78, 5) is 0. The number of hydrogen-bond donors (Lipinski definition) is 1. The van der Waals surface area contributed by atoms with Crippen LogP contribution >= 0.6 is 0 Å². The minimum absolute atomic E-state index is 0.499. The number of alkyl halides is 1. The fraction of sp³-hybridized carbons (Fsp3) is 0.571.